The first-order chi connectivity index (χ1) is 10.5. The quantitative estimate of drug-likeness (QED) is 0.860. The van der Waals surface area contributed by atoms with Crippen molar-refractivity contribution >= 4 is 23.6 Å². The standard InChI is InChI=1S/C16H22N2O3S/c1-12(19)17-8-3-9-18(11-10-17)15(16(20)21)13-4-6-14(22-2)7-5-13/h4-7,15H,3,8-11H2,1-2H3,(H,20,21). The second-order valence-corrected chi connectivity index (χ2v) is 6.29. The Bertz CT molecular complexity index is 533. The monoisotopic (exact) mass is 322 g/mol. The van der Waals surface area contributed by atoms with Gasteiger partial charge in [-0.3, -0.25) is 14.5 Å². The number of thioether (sulfide) groups is 1. The molecule has 1 unspecified atom stereocenters. The van der Waals surface area contributed by atoms with E-state index in [1.807, 2.05) is 35.4 Å². The predicted octanol–water partition coefficient (Wildman–Crippen LogP) is 2.09. The number of carbonyl (C=O) groups excluding carboxylic acids is 1. The molecule has 1 saturated heterocycles. The molecule has 1 amide bonds. The molecule has 6 heteroatoms. The third-order valence-electron chi connectivity index (χ3n) is 4.01. The van der Waals surface area contributed by atoms with E-state index in [-0.39, 0.29) is 5.91 Å². The Morgan fingerprint density at radius 2 is 1.82 bits per heavy atom. The van der Waals surface area contributed by atoms with Gasteiger partial charge in [-0.15, -0.1) is 11.8 Å². The summed E-state index contributed by atoms with van der Waals surface area (Å²) >= 11 is 1.63. The normalized spacial score (nSPS) is 17.8. The van der Waals surface area contributed by atoms with Crippen molar-refractivity contribution in [3.05, 3.63) is 29.8 Å². The van der Waals surface area contributed by atoms with Crippen LogP contribution >= 0.6 is 11.8 Å². The van der Waals surface area contributed by atoms with Gasteiger partial charge in [0.2, 0.25) is 5.91 Å². The third kappa shape index (κ3) is 4.01. The molecule has 0 aromatic heterocycles. The van der Waals surface area contributed by atoms with E-state index in [1.165, 1.54) is 0 Å². The summed E-state index contributed by atoms with van der Waals surface area (Å²) in [6.45, 7) is 4.11. The van der Waals surface area contributed by atoms with Crippen LogP contribution < -0.4 is 0 Å². The fraction of sp³-hybridized carbons (Fsp3) is 0.500. The van der Waals surface area contributed by atoms with Gasteiger partial charge in [0, 0.05) is 38.0 Å². The van der Waals surface area contributed by atoms with E-state index in [0.29, 0.717) is 26.2 Å². The van der Waals surface area contributed by atoms with Gasteiger partial charge < -0.3 is 10.0 Å². The molecule has 0 saturated carbocycles. The number of aliphatic carboxylic acids is 1. The van der Waals surface area contributed by atoms with E-state index in [4.69, 9.17) is 0 Å². The van der Waals surface area contributed by atoms with Gasteiger partial charge in [0.25, 0.3) is 0 Å². The molecule has 1 aliphatic rings. The van der Waals surface area contributed by atoms with Crippen molar-refractivity contribution in [2.24, 2.45) is 0 Å². The fourth-order valence-electron chi connectivity index (χ4n) is 2.81. The smallest absolute Gasteiger partial charge is 0.325 e. The van der Waals surface area contributed by atoms with E-state index in [0.717, 1.165) is 16.9 Å². The molecule has 120 valence electrons. The minimum Gasteiger partial charge on any atom is -0.480 e. The number of carbonyl (C=O) groups is 2. The first kappa shape index (κ1) is 16.8. The van der Waals surface area contributed by atoms with Crippen molar-refractivity contribution in [1.82, 2.24) is 9.80 Å². The fourth-order valence-corrected chi connectivity index (χ4v) is 3.21. The number of nitrogens with zero attached hydrogens (tertiary/aromatic N) is 2. The minimum absolute atomic E-state index is 0.0537. The molecule has 1 N–H and O–H groups in total. The lowest BCUT2D eigenvalue weighted by Crippen LogP contribution is -2.38. The summed E-state index contributed by atoms with van der Waals surface area (Å²) in [5.74, 6) is -0.786. The maximum Gasteiger partial charge on any atom is 0.325 e. The number of carboxylic acids is 1. The average Bonchev–Trinajstić information content (AvgIpc) is 2.74. The van der Waals surface area contributed by atoms with Crippen molar-refractivity contribution in [3.63, 3.8) is 0 Å². The minimum atomic E-state index is -0.840. The molecular formula is C16H22N2O3S. The highest BCUT2D eigenvalue weighted by Crippen LogP contribution is 2.25. The van der Waals surface area contributed by atoms with E-state index in [2.05, 4.69) is 0 Å². The molecule has 1 aromatic rings. The van der Waals surface area contributed by atoms with Gasteiger partial charge in [0.1, 0.15) is 6.04 Å². The number of rotatable bonds is 4. The molecule has 1 aliphatic heterocycles. The topological polar surface area (TPSA) is 60.9 Å². The zero-order valence-corrected chi connectivity index (χ0v) is 13.8. The summed E-state index contributed by atoms with van der Waals surface area (Å²) in [6.07, 6.45) is 2.79. The molecular weight excluding hydrogens is 300 g/mol. The zero-order valence-electron chi connectivity index (χ0n) is 13.0. The van der Waals surface area contributed by atoms with Gasteiger partial charge in [0.15, 0.2) is 0 Å². The first-order valence-corrected chi connectivity index (χ1v) is 8.61. The van der Waals surface area contributed by atoms with Gasteiger partial charge >= 0.3 is 5.97 Å². The van der Waals surface area contributed by atoms with Crippen molar-refractivity contribution in [1.29, 1.82) is 0 Å². The number of amides is 1. The Labute approximate surface area is 135 Å². The number of carboxylic acid groups (broad SMARTS) is 1. The second kappa shape index (κ2) is 7.65. The molecule has 1 aromatic carbocycles. The van der Waals surface area contributed by atoms with Gasteiger partial charge in [-0.05, 0) is 30.4 Å². The summed E-state index contributed by atoms with van der Waals surface area (Å²) in [5.41, 5.74) is 0.793. The van der Waals surface area contributed by atoms with Crippen LogP contribution in [0.3, 0.4) is 0 Å². The Balaban J connectivity index is 2.16. The Morgan fingerprint density at radius 3 is 2.36 bits per heavy atom. The van der Waals surface area contributed by atoms with Crippen LogP contribution in [0.15, 0.2) is 29.2 Å². The van der Waals surface area contributed by atoms with Crippen LogP contribution in [-0.4, -0.2) is 59.2 Å². The van der Waals surface area contributed by atoms with Gasteiger partial charge in [-0.25, -0.2) is 0 Å². The Kier molecular flexibility index (Phi) is 5.85. The van der Waals surface area contributed by atoms with E-state index < -0.39 is 12.0 Å². The summed E-state index contributed by atoms with van der Waals surface area (Å²) < 4.78 is 0. The van der Waals surface area contributed by atoms with Crippen LogP contribution in [-0.2, 0) is 9.59 Å². The van der Waals surface area contributed by atoms with E-state index in [9.17, 15) is 14.7 Å². The Hall–Kier alpha value is -1.53. The SMILES string of the molecule is CSc1ccc(C(C(=O)O)N2CCCN(C(C)=O)CC2)cc1. The Morgan fingerprint density at radius 1 is 1.14 bits per heavy atom. The van der Waals surface area contributed by atoms with Crippen LogP contribution in [0.5, 0.6) is 0 Å². The molecule has 2 rings (SSSR count). The highest BCUT2D eigenvalue weighted by molar-refractivity contribution is 7.98. The molecule has 1 atom stereocenters. The summed E-state index contributed by atoms with van der Waals surface area (Å²) in [6, 6.07) is 7.03. The van der Waals surface area contributed by atoms with Crippen LogP contribution in [0.25, 0.3) is 0 Å². The zero-order chi connectivity index (χ0) is 16.1. The van der Waals surface area contributed by atoms with Crippen molar-refractivity contribution < 1.29 is 14.7 Å². The summed E-state index contributed by atoms with van der Waals surface area (Å²) in [7, 11) is 0. The largest absolute Gasteiger partial charge is 0.480 e. The third-order valence-corrected chi connectivity index (χ3v) is 4.75. The van der Waals surface area contributed by atoms with Crippen molar-refractivity contribution in [2.75, 3.05) is 32.4 Å². The lowest BCUT2D eigenvalue weighted by Gasteiger charge is -2.28. The summed E-state index contributed by atoms with van der Waals surface area (Å²) in [4.78, 5) is 28.1. The number of hydrogen-bond donors (Lipinski definition) is 1. The van der Waals surface area contributed by atoms with Gasteiger partial charge in [0.05, 0.1) is 0 Å². The second-order valence-electron chi connectivity index (χ2n) is 5.41. The molecule has 0 bridgehead atoms. The highest BCUT2D eigenvalue weighted by Gasteiger charge is 2.29. The first-order valence-electron chi connectivity index (χ1n) is 7.39. The van der Waals surface area contributed by atoms with Gasteiger partial charge in [-0.1, -0.05) is 12.1 Å². The number of benzene rings is 1. The molecule has 22 heavy (non-hydrogen) atoms. The average molecular weight is 322 g/mol. The van der Waals surface area contributed by atoms with E-state index in [1.54, 1.807) is 23.6 Å². The lowest BCUT2D eigenvalue weighted by molar-refractivity contribution is -0.143. The summed E-state index contributed by atoms with van der Waals surface area (Å²) in [5, 5.41) is 9.64. The highest BCUT2D eigenvalue weighted by atomic mass is 32.2. The molecule has 0 spiro atoms. The van der Waals surface area contributed by atoms with Crippen molar-refractivity contribution in [2.45, 2.75) is 24.3 Å². The maximum absolute atomic E-state index is 11.8. The maximum atomic E-state index is 11.8. The van der Waals surface area contributed by atoms with Crippen LogP contribution in [0, 0.1) is 0 Å². The van der Waals surface area contributed by atoms with Crippen molar-refractivity contribution in [3.8, 4) is 0 Å². The van der Waals surface area contributed by atoms with Crippen LogP contribution in [0.4, 0.5) is 0 Å². The molecule has 1 heterocycles. The molecule has 1 fully saturated rings. The van der Waals surface area contributed by atoms with Crippen LogP contribution in [0.2, 0.25) is 0 Å². The predicted molar refractivity (Wildman–Crippen MR) is 87.0 cm³/mol. The molecule has 0 aliphatic carbocycles. The van der Waals surface area contributed by atoms with Gasteiger partial charge in [-0.2, -0.15) is 0 Å². The molecule has 5 nitrogen and oxygen atoms in total. The van der Waals surface area contributed by atoms with Crippen LogP contribution in [0.1, 0.15) is 24.9 Å². The molecule has 0 radical (unpaired) electrons. The van der Waals surface area contributed by atoms with E-state index >= 15 is 0 Å². The lowest BCUT2D eigenvalue weighted by atomic mass is 10.1. The number of hydrogen-bond acceptors (Lipinski definition) is 4.